The highest BCUT2D eigenvalue weighted by molar-refractivity contribution is 7.91. The lowest BCUT2D eigenvalue weighted by Crippen LogP contribution is -2.03. The predicted octanol–water partition coefficient (Wildman–Crippen LogP) is 1.22. The van der Waals surface area contributed by atoms with Gasteiger partial charge in [0.25, 0.3) is 0 Å². The van der Waals surface area contributed by atoms with Gasteiger partial charge in [-0.15, -0.1) is 0 Å². The first-order chi connectivity index (χ1) is 9.03. The SMILES string of the molecule is Nc1cccc(-c2noc(C3CCS(=O)(=O)C3)n2)c1. The highest BCUT2D eigenvalue weighted by Gasteiger charge is 2.32. The predicted molar refractivity (Wildman–Crippen MR) is 70.2 cm³/mol. The van der Waals surface area contributed by atoms with E-state index >= 15 is 0 Å². The van der Waals surface area contributed by atoms with Crippen molar-refractivity contribution in [1.82, 2.24) is 10.1 Å². The maximum atomic E-state index is 11.4. The van der Waals surface area contributed by atoms with Gasteiger partial charge in [0, 0.05) is 11.3 Å². The summed E-state index contributed by atoms with van der Waals surface area (Å²) in [5.41, 5.74) is 7.07. The Kier molecular flexibility index (Phi) is 2.78. The van der Waals surface area contributed by atoms with Gasteiger partial charge in [-0.3, -0.25) is 0 Å². The molecule has 7 heteroatoms. The number of nitrogens with zero attached hydrogens (tertiary/aromatic N) is 2. The third-order valence-corrected chi connectivity index (χ3v) is 4.94. The minimum atomic E-state index is -2.95. The molecule has 0 bridgehead atoms. The summed E-state index contributed by atoms with van der Waals surface area (Å²) < 4.78 is 28.0. The maximum absolute atomic E-state index is 11.4. The third-order valence-electron chi connectivity index (χ3n) is 3.17. The first-order valence-corrected chi connectivity index (χ1v) is 7.75. The molecule has 1 aromatic carbocycles. The minimum absolute atomic E-state index is 0.0889. The highest BCUT2D eigenvalue weighted by atomic mass is 32.2. The Morgan fingerprint density at radius 2 is 2.21 bits per heavy atom. The zero-order valence-corrected chi connectivity index (χ0v) is 10.9. The first-order valence-electron chi connectivity index (χ1n) is 5.93. The average molecular weight is 279 g/mol. The Morgan fingerprint density at radius 1 is 1.37 bits per heavy atom. The van der Waals surface area contributed by atoms with Crippen molar-refractivity contribution in [2.75, 3.05) is 17.2 Å². The van der Waals surface area contributed by atoms with Crippen LogP contribution in [-0.2, 0) is 9.84 Å². The van der Waals surface area contributed by atoms with Crippen LogP contribution >= 0.6 is 0 Å². The number of nitrogen functional groups attached to an aromatic ring is 1. The average Bonchev–Trinajstić information content (AvgIpc) is 2.95. The molecule has 0 amide bonds. The molecule has 1 unspecified atom stereocenters. The molecule has 19 heavy (non-hydrogen) atoms. The van der Waals surface area contributed by atoms with Crippen molar-refractivity contribution < 1.29 is 12.9 Å². The van der Waals surface area contributed by atoms with Gasteiger partial charge in [0.1, 0.15) is 0 Å². The number of benzene rings is 1. The van der Waals surface area contributed by atoms with Gasteiger partial charge in [0.15, 0.2) is 9.84 Å². The van der Waals surface area contributed by atoms with E-state index in [1.807, 2.05) is 6.07 Å². The molecule has 1 aromatic heterocycles. The second-order valence-electron chi connectivity index (χ2n) is 4.68. The lowest BCUT2D eigenvalue weighted by atomic mass is 10.1. The Hall–Kier alpha value is -1.89. The third kappa shape index (κ3) is 2.46. The maximum Gasteiger partial charge on any atom is 0.231 e. The topological polar surface area (TPSA) is 99.1 Å². The largest absolute Gasteiger partial charge is 0.399 e. The molecule has 2 aromatic rings. The molecule has 1 aliphatic heterocycles. The Morgan fingerprint density at radius 3 is 2.89 bits per heavy atom. The number of hydrogen-bond acceptors (Lipinski definition) is 6. The quantitative estimate of drug-likeness (QED) is 0.830. The van der Waals surface area contributed by atoms with E-state index in [0.717, 1.165) is 5.56 Å². The van der Waals surface area contributed by atoms with Crippen LogP contribution in [0.1, 0.15) is 18.2 Å². The summed E-state index contributed by atoms with van der Waals surface area (Å²) in [5.74, 6) is 0.913. The summed E-state index contributed by atoms with van der Waals surface area (Å²) in [5, 5.41) is 3.88. The van der Waals surface area contributed by atoms with Crippen molar-refractivity contribution in [1.29, 1.82) is 0 Å². The van der Waals surface area contributed by atoms with Crippen LogP contribution in [0.4, 0.5) is 5.69 Å². The van der Waals surface area contributed by atoms with Crippen molar-refractivity contribution in [2.45, 2.75) is 12.3 Å². The molecule has 0 saturated carbocycles. The summed E-state index contributed by atoms with van der Waals surface area (Å²) in [4.78, 5) is 4.27. The van der Waals surface area contributed by atoms with Gasteiger partial charge in [-0.05, 0) is 18.6 Å². The van der Waals surface area contributed by atoms with Crippen molar-refractivity contribution in [2.24, 2.45) is 0 Å². The molecular formula is C12H13N3O3S. The van der Waals surface area contributed by atoms with E-state index < -0.39 is 9.84 Å². The number of anilines is 1. The molecule has 2 heterocycles. The number of nitrogens with two attached hydrogens (primary N) is 1. The van der Waals surface area contributed by atoms with E-state index in [2.05, 4.69) is 10.1 Å². The number of hydrogen-bond donors (Lipinski definition) is 1. The van der Waals surface area contributed by atoms with Crippen molar-refractivity contribution in [3.8, 4) is 11.4 Å². The van der Waals surface area contributed by atoms with E-state index in [1.165, 1.54) is 0 Å². The van der Waals surface area contributed by atoms with Gasteiger partial charge in [0.05, 0.1) is 17.4 Å². The monoisotopic (exact) mass is 279 g/mol. The van der Waals surface area contributed by atoms with E-state index in [-0.39, 0.29) is 17.4 Å². The summed E-state index contributed by atoms with van der Waals surface area (Å²) in [6, 6.07) is 7.16. The van der Waals surface area contributed by atoms with Crippen LogP contribution in [0.5, 0.6) is 0 Å². The van der Waals surface area contributed by atoms with Gasteiger partial charge in [0.2, 0.25) is 11.7 Å². The zero-order chi connectivity index (χ0) is 13.5. The Balaban J connectivity index is 1.88. The molecule has 0 radical (unpaired) electrons. The van der Waals surface area contributed by atoms with Crippen LogP contribution in [0.2, 0.25) is 0 Å². The fourth-order valence-corrected chi connectivity index (χ4v) is 3.92. The van der Waals surface area contributed by atoms with Crippen LogP contribution in [0.3, 0.4) is 0 Å². The Bertz CT molecular complexity index is 709. The molecule has 100 valence electrons. The normalized spacial score (nSPS) is 21.6. The molecule has 1 aliphatic rings. The summed E-state index contributed by atoms with van der Waals surface area (Å²) >= 11 is 0. The van der Waals surface area contributed by atoms with Gasteiger partial charge >= 0.3 is 0 Å². The van der Waals surface area contributed by atoms with E-state index in [0.29, 0.717) is 23.8 Å². The van der Waals surface area contributed by atoms with Crippen LogP contribution < -0.4 is 5.73 Å². The minimum Gasteiger partial charge on any atom is -0.399 e. The fraction of sp³-hybridized carbons (Fsp3) is 0.333. The highest BCUT2D eigenvalue weighted by Crippen LogP contribution is 2.29. The van der Waals surface area contributed by atoms with Crippen LogP contribution in [0.15, 0.2) is 28.8 Å². The molecule has 1 atom stereocenters. The lowest BCUT2D eigenvalue weighted by Gasteiger charge is -1.98. The Labute approximate surface area is 110 Å². The van der Waals surface area contributed by atoms with E-state index in [1.54, 1.807) is 18.2 Å². The molecule has 1 fully saturated rings. The second kappa shape index (κ2) is 4.34. The molecule has 0 spiro atoms. The number of aromatic nitrogens is 2. The second-order valence-corrected chi connectivity index (χ2v) is 6.91. The van der Waals surface area contributed by atoms with Crippen molar-refractivity contribution in [3.63, 3.8) is 0 Å². The van der Waals surface area contributed by atoms with Gasteiger partial charge in [-0.1, -0.05) is 17.3 Å². The standard InChI is InChI=1S/C12H13N3O3S/c13-10-3-1-2-8(6-10)11-14-12(18-15-11)9-4-5-19(16,17)7-9/h1-3,6,9H,4-5,7,13H2. The van der Waals surface area contributed by atoms with Crippen molar-refractivity contribution in [3.05, 3.63) is 30.2 Å². The number of rotatable bonds is 2. The first kappa shape index (κ1) is 12.2. The lowest BCUT2D eigenvalue weighted by molar-refractivity contribution is 0.361. The summed E-state index contributed by atoms with van der Waals surface area (Å²) in [6.07, 6.45) is 0.543. The fourth-order valence-electron chi connectivity index (χ4n) is 2.19. The molecule has 3 rings (SSSR count). The van der Waals surface area contributed by atoms with Crippen LogP contribution in [-0.4, -0.2) is 30.1 Å². The molecular weight excluding hydrogens is 266 g/mol. The number of sulfone groups is 1. The van der Waals surface area contributed by atoms with Gasteiger partial charge < -0.3 is 10.3 Å². The van der Waals surface area contributed by atoms with Crippen LogP contribution in [0, 0.1) is 0 Å². The molecule has 6 nitrogen and oxygen atoms in total. The summed E-state index contributed by atoms with van der Waals surface area (Å²) in [7, 11) is -2.95. The zero-order valence-electron chi connectivity index (χ0n) is 10.1. The molecule has 1 saturated heterocycles. The van der Waals surface area contributed by atoms with E-state index in [9.17, 15) is 8.42 Å². The van der Waals surface area contributed by atoms with Crippen LogP contribution in [0.25, 0.3) is 11.4 Å². The molecule has 2 N–H and O–H groups in total. The van der Waals surface area contributed by atoms with Gasteiger partial charge in [-0.25, -0.2) is 8.42 Å². The summed E-state index contributed by atoms with van der Waals surface area (Å²) in [6.45, 7) is 0. The molecule has 0 aliphatic carbocycles. The smallest absolute Gasteiger partial charge is 0.231 e. The van der Waals surface area contributed by atoms with Gasteiger partial charge in [-0.2, -0.15) is 4.98 Å². The van der Waals surface area contributed by atoms with E-state index in [4.69, 9.17) is 10.3 Å². The van der Waals surface area contributed by atoms with Crippen molar-refractivity contribution >= 4 is 15.5 Å².